The number of anilines is 2. The van der Waals surface area contributed by atoms with Crippen LogP contribution in [0.3, 0.4) is 0 Å². The SMILES string of the molecule is COc1ccc(C2=CC(c3ccccc3)=C[C@@]3([C@H]2C(=O)c2ccccc2)N(c2ccccc2)c2ccccc2C3(C)C)cc1. The van der Waals surface area contributed by atoms with Crippen LogP contribution >= 0.6 is 0 Å². The van der Waals surface area contributed by atoms with Crippen LogP contribution in [-0.2, 0) is 5.41 Å². The normalized spacial score (nSPS) is 20.1. The van der Waals surface area contributed by atoms with Crippen molar-refractivity contribution in [3.63, 3.8) is 0 Å². The van der Waals surface area contributed by atoms with Crippen LogP contribution in [-0.4, -0.2) is 18.4 Å². The fourth-order valence-electron chi connectivity index (χ4n) is 7.35. The average Bonchev–Trinajstić information content (AvgIpc) is 3.27. The Bertz CT molecular complexity index is 1870. The first-order valence-electron chi connectivity index (χ1n) is 15.1. The third-order valence-electron chi connectivity index (χ3n) is 9.49. The number of Topliss-reactive ketones (excluding diaryl/α,β-unsaturated/α-hetero) is 1. The Labute approximate surface area is 259 Å². The highest BCUT2D eigenvalue weighted by molar-refractivity contribution is 6.10. The second-order valence-corrected chi connectivity index (χ2v) is 12.1. The third-order valence-corrected chi connectivity index (χ3v) is 9.49. The number of methoxy groups -OCH3 is 1. The molecular weight excluding hydrogens is 538 g/mol. The summed E-state index contributed by atoms with van der Waals surface area (Å²) < 4.78 is 5.53. The van der Waals surface area contributed by atoms with Gasteiger partial charge in [0.1, 0.15) is 5.75 Å². The van der Waals surface area contributed by atoms with Crippen LogP contribution in [0.1, 0.15) is 40.9 Å². The second kappa shape index (κ2) is 10.8. The van der Waals surface area contributed by atoms with E-state index in [0.29, 0.717) is 5.56 Å². The molecule has 0 bridgehead atoms. The Morgan fingerprint density at radius 3 is 1.93 bits per heavy atom. The Hall–Kier alpha value is -5.15. The molecule has 5 aromatic carbocycles. The van der Waals surface area contributed by atoms with Crippen molar-refractivity contribution in [3.8, 4) is 5.75 Å². The van der Waals surface area contributed by atoms with Crippen LogP contribution < -0.4 is 9.64 Å². The number of carbonyl (C=O) groups is 1. The van der Waals surface area contributed by atoms with Crippen LogP contribution in [0.2, 0.25) is 0 Å². The first-order valence-corrected chi connectivity index (χ1v) is 15.1. The van der Waals surface area contributed by atoms with Crippen molar-refractivity contribution in [1.82, 2.24) is 0 Å². The number of rotatable bonds is 6. The smallest absolute Gasteiger partial charge is 0.173 e. The molecule has 0 unspecified atom stereocenters. The topological polar surface area (TPSA) is 29.5 Å². The summed E-state index contributed by atoms with van der Waals surface area (Å²) in [7, 11) is 1.68. The van der Waals surface area contributed by atoms with E-state index in [4.69, 9.17) is 4.74 Å². The van der Waals surface area contributed by atoms with Gasteiger partial charge in [-0.3, -0.25) is 4.79 Å². The second-order valence-electron chi connectivity index (χ2n) is 12.1. The van der Waals surface area contributed by atoms with E-state index < -0.39 is 16.9 Å². The summed E-state index contributed by atoms with van der Waals surface area (Å²) >= 11 is 0. The molecule has 5 aromatic rings. The minimum Gasteiger partial charge on any atom is -0.497 e. The molecule has 0 aromatic heterocycles. The van der Waals surface area contributed by atoms with E-state index in [1.165, 1.54) is 5.56 Å². The van der Waals surface area contributed by atoms with Crippen molar-refractivity contribution in [2.24, 2.45) is 5.92 Å². The van der Waals surface area contributed by atoms with Gasteiger partial charge in [-0.25, -0.2) is 0 Å². The van der Waals surface area contributed by atoms with Crippen LogP contribution in [0.25, 0.3) is 11.1 Å². The quantitative estimate of drug-likeness (QED) is 0.190. The molecular formula is C41H35NO2. The van der Waals surface area contributed by atoms with Gasteiger partial charge in [0, 0.05) is 22.4 Å². The summed E-state index contributed by atoms with van der Waals surface area (Å²) in [6, 6.07) is 47.6. The van der Waals surface area contributed by atoms with E-state index in [1.807, 2.05) is 54.6 Å². The van der Waals surface area contributed by atoms with Crippen LogP contribution in [0.15, 0.2) is 152 Å². The van der Waals surface area contributed by atoms with Crippen molar-refractivity contribution < 1.29 is 9.53 Å². The van der Waals surface area contributed by atoms with Gasteiger partial charge in [-0.1, -0.05) is 123 Å². The lowest BCUT2D eigenvalue weighted by molar-refractivity contribution is 0.0888. The minimum absolute atomic E-state index is 0.0952. The van der Waals surface area contributed by atoms with E-state index in [-0.39, 0.29) is 5.78 Å². The number of para-hydroxylation sites is 2. The molecule has 7 rings (SSSR count). The number of nitrogens with zero attached hydrogens (tertiary/aromatic N) is 1. The van der Waals surface area contributed by atoms with Gasteiger partial charge in [-0.05, 0) is 70.3 Å². The van der Waals surface area contributed by atoms with Gasteiger partial charge in [0.15, 0.2) is 5.78 Å². The van der Waals surface area contributed by atoms with Crippen molar-refractivity contribution in [1.29, 1.82) is 0 Å². The first-order chi connectivity index (χ1) is 21.5. The number of ketones is 1. The van der Waals surface area contributed by atoms with Gasteiger partial charge in [0.25, 0.3) is 0 Å². The molecule has 1 aliphatic heterocycles. The molecule has 3 heteroatoms. The molecule has 1 aliphatic carbocycles. The monoisotopic (exact) mass is 573 g/mol. The number of benzene rings is 5. The summed E-state index contributed by atoms with van der Waals surface area (Å²) in [4.78, 5) is 17.6. The standard InChI is InChI=1S/C41H35NO2/c1-40(2)36-21-13-14-22-37(36)42(33-19-11-6-12-20-33)41(40)28-32(29-15-7-4-8-16-29)27-35(30-23-25-34(44-3)26-24-30)38(41)39(43)31-17-9-5-10-18-31/h4-28,38H,1-3H3/t38-,41+/m1/s1. The molecule has 0 saturated heterocycles. The highest BCUT2D eigenvalue weighted by atomic mass is 16.5. The Balaban J connectivity index is 1.60. The maximum absolute atomic E-state index is 15.2. The molecule has 1 spiro atoms. The molecule has 0 amide bonds. The van der Waals surface area contributed by atoms with Gasteiger partial charge in [0.2, 0.25) is 0 Å². The number of hydrogen-bond donors (Lipinski definition) is 0. The number of ether oxygens (including phenoxy) is 1. The molecule has 2 aliphatic rings. The van der Waals surface area contributed by atoms with Gasteiger partial charge in [-0.15, -0.1) is 0 Å². The van der Waals surface area contributed by atoms with Crippen LogP contribution in [0.4, 0.5) is 11.4 Å². The van der Waals surface area contributed by atoms with Crippen molar-refractivity contribution >= 4 is 28.3 Å². The third kappa shape index (κ3) is 4.23. The molecule has 2 atom stereocenters. The number of carbonyl (C=O) groups excluding carboxylic acids is 1. The largest absolute Gasteiger partial charge is 0.497 e. The molecule has 0 radical (unpaired) electrons. The summed E-state index contributed by atoms with van der Waals surface area (Å²) in [6.07, 6.45) is 4.62. The maximum Gasteiger partial charge on any atom is 0.173 e. The maximum atomic E-state index is 15.2. The lowest BCUT2D eigenvalue weighted by Crippen LogP contribution is -2.61. The Morgan fingerprint density at radius 2 is 1.27 bits per heavy atom. The number of hydrogen-bond acceptors (Lipinski definition) is 3. The lowest BCUT2D eigenvalue weighted by atomic mass is 9.57. The van der Waals surface area contributed by atoms with E-state index in [0.717, 1.165) is 39.4 Å². The predicted molar refractivity (Wildman–Crippen MR) is 180 cm³/mol. The van der Waals surface area contributed by atoms with Gasteiger partial charge in [0.05, 0.1) is 18.6 Å². The molecule has 216 valence electrons. The molecule has 3 nitrogen and oxygen atoms in total. The van der Waals surface area contributed by atoms with E-state index in [1.54, 1.807) is 7.11 Å². The molecule has 0 N–H and O–H groups in total. The Morgan fingerprint density at radius 1 is 0.682 bits per heavy atom. The first kappa shape index (κ1) is 27.7. The van der Waals surface area contributed by atoms with E-state index >= 15 is 4.79 Å². The lowest BCUT2D eigenvalue weighted by Gasteiger charge is -2.53. The predicted octanol–water partition coefficient (Wildman–Crippen LogP) is 9.54. The summed E-state index contributed by atoms with van der Waals surface area (Å²) in [5.74, 6) is 0.343. The number of fused-ring (bicyclic) bond motifs is 1. The average molecular weight is 574 g/mol. The fraction of sp³-hybridized carbons (Fsp3) is 0.146. The van der Waals surface area contributed by atoms with Gasteiger partial charge < -0.3 is 9.64 Å². The summed E-state index contributed by atoms with van der Waals surface area (Å²) in [6.45, 7) is 4.60. The highest BCUT2D eigenvalue weighted by Gasteiger charge is 2.63. The molecule has 0 fully saturated rings. The molecule has 44 heavy (non-hydrogen) atoms. The number of allylic oxidation sites excluding steroid dienone is 2. The van der Waals surface area contributed by atoms with Crippen molar-refractivity contribution in [3.05, 3.63) is 174 Å². The summed E-state index contributed by atoms with van der Waals surface area (Å²) in [5.41, 5.74) is 7.02. The fourth-order valence-corrected chi connectivity index (χ4v) is 7.35. The highest BCUT2D eigenvalue weighted by Crippen LogP contribution is 2.63. The van der Waals surface area contributed by atoms with E-state index in [9.17, 15) is 0 Å². The van der Waals surface area contributed by atoms with Crippen LogP contribution in [0.5, 0.6) is 5.75 Å². The van der Waals surface area contributed by atoms with Gasteiger partial charge in [-0.2, -0.15) is 0 Å². The zero-order valence-electron chi connectivity index (χ0n) is 25.3. The van der Waals surface area contributed by atoms with Crippen molar-refractivity contribution in [2.45, 2.75) is 24.8 Å². The Kier molecular flexibility index (Phi) is 6.82. The molecule has 1 heterocycles. The van der Waals surface area contributed by atoms with Crippen LogP contribution in [0, 0.1) is 5.92 Å². The molecule has 0 saturated carbocycles. The van der Waals surface area contributed by atoms with E-state index in [2.05, 4.69) is 116 Å². The summed E-state index contributed by atoms with van der Waals surface area (Å²) in [5, 5.41) is 0. The van der Waals surface area contributed by atoms with Gasteiger partial charge >= 0.3 is 0 Å². The van der Waals surface area contributed by atoms with Crippen molar-refractivity contribution in [2.75, 3.05) is 12.0 Å². The minimum atomic E-state index is -0.792. The zero-order valence-corrected chi connectivity index (χ0v) is 25.3. The zero-order chi connectivity index (χ0) is 30.3.